The van der Waals surface area contributed by atoms with Crippen LogP contribution in [-0.4, -0.2) is 11.7 Å². The summed E-state index contributed by atoms with van der Waals surface area (Å²) in [5, 5.41) is 9.81. The van der Waals surface area contributed by atoms with Gasteiger partial charge in [0.05, 0.1) is 6.10 Å². The summed E-state index contributed by atoms with van der Waals surface area (Å²) in [6.45, 7) is 2.19. The minimum Gasteiger partial charge on any atom is -0.389 e. The van der Waals surface area contributed by atoms with Crippen LogP contribution in [0.4, 0.5) is 20.2 Å². The first kappa shape index (κ1) is 13.1. The van der Waals surface area contributed by atoms with Gasteiger partial charge in [-0.2, -0.15) is 0 Å². The summed E-state index contributed by atoms with van der Waals surface area (Å²) in [6, 6.07) is 9.33. The zero-order chi connectivity index (χ0) is 14.3. The lowest BCUT2D eigenvalue weighted by atomic mass is 10.1. The molecule has 0 amide bonds. The van der Waals surface area contributed by atoms with Crippen LogP contribution in [0.2, 0.25) is 0 Å². The third-order valence-corrected chi connectivity index (χ3v) is 3.68. The van der Waals surface area contributed by atoms with E-state index in [0.29, 0.717) is 12.2 Å². The van der Waals surface area contributed by atoms with E-state index in [4.69, 9.17) is 0 Å². The minimum atomic E-state index is -0.913. The average Bonchev–Trinajstić information content (AvgIpc) is 2.80. The molecule has 0 fully saturated rings. The Labute approximate surface area is 116 Å². The fraction of sp³-hybridized carbons (Fsp3) is 0.250. The summed E-state index contributed by atoms with van der Waals surface area (Å²) in [4.78, 5) is 1.86. The Bertz CT molecular complexity index is 655. The van der Waals surface area contributed by atoms with E-state index >= 15 is 0 Å². The fourth-order valence-electron chi connectivity index (χ4n) is 2.78. The molecule has 20 heavy (non-hydrogen) atoms. The van der Waals surface area contributed by atoms with Crippen LogP contribution in [0, 0.1) is 11.6 Å². The molecule has 4 heteroatoms. The van der Waals surface area contributed by atoms with E-state index in [-0.39, 0.29) is 11.4 Å². The predicted octanol–water partition coefficient (Wildman–Crippen LogP) is 3.71. The summed E-state index contributed by atoms with van der Waals surface area (Å²) in [7, 11) is 0. The van der Waals surface area contributed by atoms with Crippen LogP contribution in [-0.2, 0) is 6.42 Å². The molecular weight excluding hydrogens is 260 g/mol. The second-order valence-electron chi connectivity index (χ2n) is 5.02. The molecule has 1 atom stereocenters. The largest absolute Gasteiger partial charge is 0.389 e. The number of benzene rings is 2. The van der Waals surface area contributed by atoms with Gasteiger partial charge in [-0.25, -0.2) is 8.78 Å². The van der Waals surface area contributed by atoms with E-state index in [1.165, 1.54) is 25.1 Å². The number of anilines is 2. The van der Waals surface area contributed by atoms with Gasteiger partial charge in [0.15, 0.2) is 0 Å². The second kappa shape index (κ2) is 4.87. The van der Waals surface area contributed by atoms with E-state index in [2.05, 4.69) is 0 Å². The van der Waals surface area contributed by atoms with Gasteiger partial charge in [-0.05, 0) is 43.2 Å². The van der Waals surface area contributed by atoms with Crippen molar-refractivity contribution < 1.29 is 13.9 Å². The Morgan fingerprint density at radius 3 is 2.70 bits per heavy atom. The third kappa shape index (κ3) is 2.06. The Balaban J connectivity index is 2.13. The Hall–Kier alpha value is -1.94. The number of fused-ring (bicyclic) bond motifs is 1. The number of nitrogens with zero attached hydrogens (tertiary/aromatic N) is 1. The molecule has 0 saturated carbocycles. The molecule has 2 aromatic rings. The quantitative estimate of drug-likeness (QED) is 0.903. The topological polar surface area (TPSA) is 23.5 Å². The summed E-state index contributed by atoms with van der Waals surface area (Å²) in [5.41, 5.74) is 2.64. The average molecular weight is 275 g/mol. The van der Waals surface area contributed by atoms with Gasteiger partial charge >= 0.3 is 0 Å². The van der Waals surface area contributed by atoms with Gasteiger partial charge in [0.25, 0.3) is 0 Å². The lowest BCUT2D eigenvalue weighted by Gasteiger charge is -2.24. The Morgan fingerprint density at radius 2 is 1.95 bits per heavy atom. The Morgan fingerprint density at radius 1 is 1.15 bits per heavy atom. The second-order valence-corrected chi connectivity index (χ2v) is 5.02. The van der Waals surface area contributed by atoms with Gasteiger partial charge in [0.1, 0.15) is 11.6 Å². The number of hydrogen-bond donors (Lipinski definition) is 1. The van der Waals surface area contributed by atoms with E-state index in [9.17, 15) is 13.9 Å². The van der Waals surface area contributed by atoms with Gasteiger partial charge in [0.2, 0.25) is 0 Å². The van der Waals surface area contributed by atoms with Crippen LogP contribution in [0.25, 0.3) is 0 Å². The van der Waals surface area contributed by atoms with Gasteiger partial charge in [0, 0.05) is 23.5 Å². The smallest absolute Gasteiger partial charge is 0.131 e. The lowest BCUT2D eigenvalue weighted by Crippen LogP contribution is -2.17. The highest BCUT2D eigenvalue weighted by molar-refractivity contribution is 5.72. The minimum absolute atomic E-state index is 0.254. The molecule has 0 unspecified atom stereocenters. The summed E-state index contributed by atoms with van der Waals surface area (Å²) in [5.74, 6) is -0.756. The van der Waals surface area contributed by atoms with Gasteiger partial charge in [-0.15, -0.1) is 0 Å². The molecule has 1 N–H and O–H groups in total. The van der Waals surface area contributed by atoms with Crippen molar-refractivity contribution in [3.05, 3.63) is 59.2 Å². The fourth-order valence-corrected chi connectivity index (χ4v) is 2.78. The molecule has 2 aromatic carbocycles. The number of aliphatic hydroxyl groups is 1. The van der Waals surface area contributed by atoms with Gasteiger partial charge in [-0.3, -0.25) is 0 Å². The molecule has 3 rings (SSSR count). The van der Waals surface area contributed by atoms with Crippen LogP contribution in [0.3, 0.4) is 0 Å². The van der Waals surface area contributed by atoms with Crippen molar-refractivity contribution in [2.45, 2.75) is 19.4 Å². The van der Waals surface area contributed by atoms with Crippen molar-refractivity contribution in [2.75, 3.05) is 11.4 Å². The predicted molar refractivity (Wildman–Crippen MR) is 74.1 cm³/mol. The van der Waals surface area contributed by atoms with Crippen LogP contribution >= 0.6 is 0 Å². The van der Waals surface area contributed by atoms with Crippen molar-refractivity contribution in [1.29, 1.82) is 0 Å². The SMILES string of the molecule is C[C@@H](O)c1c(F)cccc1N1CCc2ccc(F)cc21. The van der Waals surface area contributed by atoms with Gasteiger partial charge in [-0.1, -0.05) is 12.1 Å². The summed E-state index contributed by atoms with van der Waals surface area (Å²) >= 11 is 0. The van der Waals surface area contributed by atoms with E-state index in [0.717, 1.165) is 17.7 Å². The molecule has 1 aliphatic rings. The third-order valence-electron chi connectivity index (χ3n) is 3.68. The Kier molecular flexibility index (Phi) is 3.18. The molecule has 0 bridgehead atoms. The van der Waals surface area contributed by atoms with Crippen molar-refractivity contribution in [1.82, 2.24) is 0 Å². The summed E-state index contributed by atoms with van der Waals surface area (Å²) in [6.07, 6.45) is -0.130. The molecular formula is C16H15F2NO. The first-order chi connectivity index (χ1) is 9.58. The molecule has 2 nitrogen and oxygen atoms in total. The molecule has 1 heterocycles. The monoisotopic (exact) mass is 275 g/mol. The zero-order valence-corrected chi connectivity index (χ0v) is 11.1. The number of halogens is 2. The van der Waals surface area contributed by atoms with Crippen molar-refractivity contribution in [2.24, 2.45) is 0 Å². The molecule has 0 aromatic heterocycles. The van der Waals surface area contributed by atoms with Crippen molar-refractivity contribution >= 4 is 11.4 Å². The van der Waals surface area contributed by atoms with Crippen molar-refractivity contribution in [3.63, 3.8) is 0 Å². The van der Waals surface area contributed by atoms with E-state index in [1.54, 1.807) is 18.2 Å². The number of rotatable bonds is 2. The number of aliphatic hydroxyl groups excluding tert-OH is 1. The molecule has 1 aliphatic heterocycles. The standard InChI is InChI=1S/C16H15F2NO/c1-10(20)16-13(18)3-2-4-14(16)19-8-7-11-5-6-12(17)9-15(11)19/h2-6,9-10,20H,7-8H2,1H3/t10-/m1/s1. The lowest BCUT2D eigenvalue weighted by molar-refractivity contribution is 0.194. The molecule has 0 radical (unpaired) electrons. The maximum atomic E-state index is 13.9. The first-order valence-electron chi connectivity index (χ1n) is 6.60. The highest BCUT2D eigenvalue weighted by Gasteiger charge is 2.25. The van der Waals surface area contributed by atoms with Crippen molar-refractivity contribution in [3.8, 4) is 0 Å². The molecule has 0 spiro atoms. The summed E-state index contributed by atoms with van der Waals surface area (Å²) < 4.78 is 27.4. The van der Waals surface area contributed by atoms with Crippen LogP contribution < -0.4 is 4.90 Å². The first-order valence-corrected chi connectivity index (χ1v) is 6.60. The van der Waals surface area contributed by atoms with Crippen LogP contribution in [0.1, 0.15) is 24.2 Å². The van der Waals surface area contributed by atoms with Crippen LogP contribution in [0.15, 0.2) is 36.4 Å². The number of hydrogen-bond acceptors (Lipinski definition) is 2. The normalized spacial score (nSPS) is 15.3. The highest BCUT2D eigenvalue weighted by Crippen LogP contribution is 2.39. The van der Waals surface area contributed by atoms with Gasteiger partial charge < -0.3 is 10.0 Å². The maximum absolute atomic E-state index is 13.9. The van der Waals surface area contributed by atoms with E-state index < -0.39 is 11.9 Å². The zero-order valence-electron chi connectivity index (χ0n) is 11.1. The molecule has 104 valence electrons. The van der Waals surface area contributed by atoms with E-state index in [1.807, 2.05) is 4.90 Å². The van der Waals surface area contributed by atoms with Crippen LogP contribution in [0.5, 0.6) is 0 Å². The molecule has 0 saturated heterocycles. The molecule has 0 aliphatic carbocycles. The maximum Gasteiger partial charge on any atom is 0.131 e. The highest BCUT2D eigenvalue weighted by atomic mass is 19.1.